The average Bonchev–Trinajstić information content (AvgIpc) is 2.81. The quantitative estimate of drug-likeness (QED) is 0.525. The van der Waals surface area contributed by atoms with Gasteiger partial charge in [0.05, 0.1) is 18.6 Å². The highest BCUT2D eigenvalue weighted by Gasteiger charge is 2.36. The third-order valence-corrected chi connectivity index (χ3v) is 4.51. The van der Waals surface area contributed by atoms with Gasteiger partial charge in [0.15, 0.2) is 0 Å². The van der Waals surface area contributed by atoms with E-state index in [-0.39, 0.29) is 4.91 Å². The second-order valence-electron chi connectivity index (χ2n) is 4.87. The van der Waals surface area contributed by atoms with Crippen molar-refractivity contribution in [3.63, 3.8) is 0 Å². The fourth-order valence-corrected chi connectivity index (χ4v) is 3.15. The van der Waals surface area contributed by atoms with E-state index in [0.717, 1.165) is 27.6 Å². The molecule has 0 atom stereocenters. The monoisotopic (exact) mass is 413 g/mol. The zero-order valence-electron chi connectivity index (χ0n) is 13.2. The molecule has 1 aromatic carbocycles. The molecule has 0 radical (unpaired) electrons. The first-order chi connectivity index (χ1) is 11.5. The first-order valence-corrected chi connectivity index (χ1v) is 8.81. The van der Waals surface area contributed by atoms with Crippen molar-refractivity contribution in [2.75, 3.05) is 20.3 Å². The first-order valence-electron chi connectivity index (χ1n) is 7.20. The fourth-order valence-electron chi connectivity index (χ4n) is 1.95. The van der Waals surface area contributed by atoms with Gasteiger partial charge in [0, 0.05) is 10.0 Å². The minimum absolute atomic E-state index is 0.239. The number of methoxy groups -OCH3 is 1. The number of nitrogens with zero attached hydrogens (tertiary/aromatic N) is 1. The van der Waals surface area contributed by atoms with E-state index in [1.165, 1.54) is 7.11 Å². The van der Waals surface area contributed by atoms with Crippen molar-refractivity contribution >= 4 is 50.9 Å². The van der Waals surface area contributed by atoms with Crippen LogP contribution in [0.15, 0.2) is 27.6 Å². The van der Waals surface area contributed by atoms with Crippen LogP contribution in [-0.2, 0) is 14.3 Å². The normalized spacial score (nSPS) is 16.0. The number of esters is 1. The molecule has 1 saturated heterocycles. The SMILES string of the molecule is CCCOc1ccc(Br)cc1/C=C1\SC(=O)N(CC(=O)OC)C1=O. The van der Waals surface area contributed by atoms with Crippen LogP contribution in [0.5, 0.6) is 5.75 Å². The molecule has 6 nitrogen and oxygen atoms in total. The summed E-state index contributed by atoms with van der Waals surface area (Å²) in [5, 5.41) is -0.498. The summed E-state index contributed by atoms with van der Waals surface area (Å²) in [5.41, 5.74) is 0.682. The number of halogens is 1. The highest BCUT2D eigenvalue weighted by Crippen LogP contribution is 2.34. The van der Waals surface area contributed by atoms with Gasteiger partial charge in [-0.2, -0.15) is 0 Å². The van der Waals surface area contributed by atoms with E-state index in [2.05, 4.69) is 20.7 Å². The lowest BCUT2D eigenvalue weighted by Gasteiger charge is -2.10. The smallest absolute Gasteiger partial charge is 0.325 e. The van der Waals surface area contributed by atoms with Gasteiger partial charge < -0.3 is 9.47 Å². The number of hydrogen-bond acceptors (Lipinski definition) is 6. The predicted molar refractivity (Wildman–Crippen MR) is 94.6 cm³/mol. The molecule has 1 fully saturated rings. The Morgan fingerprint density at radius 2 is 2.12 bits per heavy atom. The Morgan fingerprint density at radius 1 is 1.38 bits per heavy atom. The second kappa shape index (κ2) is 8.34. The van der Waals surface area contributed by atoms with Gasteiger partial charge in [-0.15, -0.1) is 0 Å². The fraction of sp³-hybridized carbons (Fsp3) is 0.312. The highest BCUT2D eigenvalue weighted by atomic mass is 79.9. The lowest BCUT2D eigenvalue weighted by Crippen LogP contribution is -2.34. The number of amides is 2. The molecule has 1 aliphatic heterocycles. The Kier molecular flexibility index (Phi) is 6.44. The van der Waals surface area contributed by atoms with Crippen LogP contribution in [0.3, 0.4) is 0 Å². The van der Waals surface area contributed by atoms with Crippen LogP contribution < -0.4 is 4.74 Å². The van der Waals surface area contributed by atoms with Crippen LogP contribution >= 0.6 is 27.7 Å². The topological polar surface area (TPSA) is 72.9 Å². The van der Waals surface area contributed by atoms with Gasteiger partial charge in [-0.3, -0.25) is 19.3 Å². The third kappa shape index (κ3) is 4.39. The Balaban J connectivity index is 2.28. The summed E-state index contributed by atoms with van der Waals surface area (Å²) in [4.78, 5) is 36.7. The molecular weight excluding hydrogens is 398 g/mol. The Bertz CT molecular complexity index is 704. The predicted octanol–water partition coefficient (Wildman–Crippen LogP) is 3.45. The molecule has 1 aliphatic rings. The van der Waals surface area contributed by atoms with E-state index >= 15 is 0 Å². The minimum atomic E-state index is -0.645. The summed E-state index contributed by atoms with van der Waals surface area (Å²) in [6, 6.07) is 5.44. The van der Waals surface area contributed by atoms with Crippen molar-refractivity contribution in [3.8, 4) is 5.75 Å². The van der Waals surface area contributed by atoms with Gasteiger partial charge in [0.2, 0.25) is 0 Å². The van der Waals surface area contributed by atoms with Crippen LogP contribution in [0.4, 0.5) is 4.79 Å². The number of ether oxygens (including phenoxy) is 2. The lowest BCUT2D eigenvalue weighted by molar-refractivity contribution is -0.143. The Hall–Kier alpha value is -1.80. The number of rotatable bonds is 6. The van der Waals surface area contributed by atoms with Gasteiger partial charge in [-0.25, -0.2) is 0 Å². The minimum Gasteiger partial charge on any atom is -0.493 e. The number of carbonyl (C=O) groups excluding carboxylic acids is 3. The molecule has 128 valence electrons. The molecule has 0 aliphatic carbocycles. The van der Waals surface area contributed by atoms with Crippen molar-refractivity contribution in [2.45, 2.75) is 13.3 Å². The standard InChI is InChI=1S/C16H16BrNO5S/c1-3-6-23-12-5-4-11(17)7-10(12)8-13-15(20)18(16(21)24-13)9-14(19)22-2/h4-5,7-8H,3,6,9H2,1-2H3/b13-8-. The molecule has 24 heavy (non-hydrogen) atoms. The number of imide groups is 1. The molecule has 1 aromatic rings. The maximum absolute atomic E-state index is 12.3. The van der Waals surface area contributed by atoms with Crippen LogP contribution in [0.2, 0.25) is 0 Å². The van der Waals surface area contributed by atoms with Gasteiger partial charge in [-0.1, -0.05) is 22.9 Å². The van der Waals surface area contributed by atoms with E-state index in [4.69, 9.17) is 4.74 Å². The van der Waals surface area contributed by atoms with E-state index in [1.54, 1.807) is 18.2 Å². The lowest BCUT2D eigenvalue weighted by atomic mass is 10.2. The summed E-state index contributed by atoms with van der Waals surface area (Å²) >= 11 is 4.17. The maximum Gasteiger partial charge on any atom is 0.325 e. The largest absolute Gasteiger partial charge is 0.493 e. The van der Waals surface area contributed by atoms with Crippen molar-refractivity contribution in [2.24, 2.45) is 0 Å². The summed E-state index contributed by atoms with van der Waals surface area (Å²) in [6.45, 7) is 2.15. The van der Waals surface area contributed by atoms with Crippen molar-refractivity contribution < 1.29 is 23.9 Å². The molecule has 0 spiro atoms. The molecule has 0 N–H and O–H groups in total. The van der Waals surface area contributed by atoms with Gasteiger partial charge in [0.25, 0.3) is 11.1 Å². The molecule has 0 bridgehead atoms. The number of benzene rings is 1. The van der Waals surface area contributed by atoms with Gasteiger partial charge >= 0.3 is 5.97 Å². The molecule has 8 heteroatoms. The van der Waals surface area contributed by atoms with E-state index in [1.807, 2.05) is 13.0 Å². The second-order valence-corrected chi connectivity index (χ2v) is 6.78. The zero-order valence-corrected chi connectivity index (χ0v) is 15.6. The molecule has 0 unspecified atom stereocenters. The number of carbonyl (C=O) groups is 3. The average molecular weight is 414 g/mol. The Labute approximate surface area is 152 Å². The van der Waals surface area contributed by atoms with Gasteiger partial charge in [0.1, 0.15) is 12.3 Å². The molecule has 0 aromatic heterocycles. The number of hydrogen-bond donors (Lipinski definition) is 0. The maximum atomic E-state index is 12.3. The summed E-state index contributed by atoms with van der Waals surface area (Å²) in [6.07, 6.45) is 2.45. The van der Waals surface area contributed by atoms with Gasteiger partial charge in [-0.05, 0) is 42.5 Å². The first kappa shape index (κ1) is 18.5. The van der Waals surface area contributed by atoms with Crippen molar-refractivity contribution in [1.82, 2.24) is 4.90 Å². The molecule has 2 amide bonds. The Morgan fingerprint density at radius 3 is 2.79 bits per heavy atom. The molecule has 2 rings (SSSR count). The van der Waals surface area contributed by atoms with Crippen molar-refractivity contribution in [1.29, 1.82) is 0 Å². The van der Waals surface area contributed by atoms with Crippen molar-refractivity contribution in [3.05, 3.63) is 33.1 Å². The van der Waals surface area contributed by atoms with E-state index < -0.39 is 23.7 Å². The van der Waals surface area contributed by atoms with Crippen LogP contribution in [-0.4, -0.2) is 42.3 Å². The third-order valence-electron chi connectivity index (χ3n) is 3.11. The zero-order chi connectivity index (χ0) is 17.7. The van der Waals surface area contributed by atoms with Crippen LogP contribution in [0.1, 0.15) is 18.9 Å². The molecule has 1 heterocycles. The van der Waals surface area contributed by atoms with Crippen LogP contribution in [0, 0.1) is 0 Å². The molecular formula is C16H16BrNO5S. The molecule has 0 saturated carbocycles. The van der Waals surface area contributed by atoms with E-state index in [9.17, 15) is 14.4 Å². The highest BCUT2D eigenvalue weighted by molar-refractivity contribution is 9.10. The summed E-state index contributed by atoms with van der Waals surface area (Å²) in [7, 11) is 1.20. The van der Waals surface area contributed by atoms with E-state index in [0.29, 0.717) is 17.9 Å². The summed E-state index contributed by atoms with van der Waals surface area (Å²) < 4.78 is 11.0. The number of thioether (sulfide) groups is 1. The summed E-state index contributed by atoms with van der Waals surface area (Å²) in [5.74, 6) is -0.537. The van der Waals surface area contributed by atoms with Crippen LogP contribution in [0.25, 0.3) is 6.08 Å².